The fourth-order valence-corrected chi connectivity index (χ4v) is 2.52. The van der Waals surface area contributed by atoms with Crippen LogP contribution in [-0.4, -0.2) is 26.9 Å². The lowest BCUT2D eigenvalue weighted by atomic mass is 10.0. The fourth-order valence-electron chi connectivity index (χ4n) is 1.55. The van der Waals surface area contributed by atoms with Gasteiger partial charge in [0.2, 0.25) is 0 Å². The quantitative estimate of drug-likeness (QED) is 0.573. The van der Waals surface area contributed by atoms with Crippen LogP contribution in [0.2, 0.25) is 18.1 Å². The number of esters is 1. The highest BCUT2D eigenvalue weighted by molar-refractivity contribution is 6.75. The zero-order chi connectivity index (χ0) is 14.0. The third-order valence-electron chi connectivity index (χ3n) is 3.92. The molecule has 1 heterocycles. The minimum atomic E-state index is -2.06. The van der Waals surface area contributed by atoms with Gasteiger partial charge in [-0.15, -0.1) is 0 Å². The lowest BCUT2D eigenvalue weighted by molar-refractivity contribution is -0.143. The number of carbonyl (C=O) groups is 2. The molecular formula is C13H24O4Si. The van der Waals surface area contributed by atoms with Crippen molar-refractivity contribution in [3.05, 3.63) is 0 Å². The van der Waals surface area contributed by atoms with Crippen LogP contribution in [0.25, 0.3) is 0 Å². The molecule has 1 rings (SSSR count). The molecule has 0 saturated carbocycles. The molecule has 1 unspecified atom stereocenters. The molecule has 1 fully saturated rings. The molecule has 0 N–H and O–H groups in total. The number of ether oxygens (including phenoxy) is 1. The van der Waals surface area contributed by atoms with Gasteiger partial charge in [0.15, 0.2) is 0 Å². The third-order valence-corrected chi connectivity index (χ3v) is 8.25. The standard InChI is InChI=1S/C13H24O4Si/c1-13(2,3)18(4,5)17-12(15)10-6-7-11(14)16-9-8-10/h10H,6-9H2,1-5H3. The molecule has 0 aliphatic carbocycles. The molecule has 0 aromatic rings. The average Bonchev–Trinajstić information content (AvgIpc) is 2.40. The van der Waals surface area contributed by atoms with E-state index in [2.05, 4.69) is 33.9 Å². The van der Waals surface area contributed by atoms with Crippen LogP contribution in [0.15, 0.2) is 0 Å². The van der Waals surface area contributed by atoms with Gasteiger partial charge in [0.05, 0.1) is 12.5 Å². The molecule has 18 heavy (non-hydrogen) atoms. The molecule has 0 aromatic heterocycles. The number of rotatable bonds is 2. The van der Waals surface area contributed by atoms with Crippen molar-refractivity contribution in [1.82, 2.24) is 0 Å². The minimum Gasteiger partial charge on any atom is -0.519 e. The Balaban J connectivity index is 2.62. The van der Waals surface area contributed by atoms with Gasteiger partial charge >= 0.3 is 5.97 Å². The van der Waals surface area contributed by atoms with Gasteiger partial charge < -0.3 is 9.16 Å². The van der Waals surface area contributed by atoms with Crippen molar-refractivity contribution < 1.29 is 18.8 Å². The molecule has 0 bridgehead atoms. The Bertz CT molecular complexity index is 330. The molecule has 1 aliphatic heterocycles. The van der Waals surface area contributed by atoms with Crippen molar-refractivity contribution in [2.45, 2.75) is 58.2 Å². The highest BCUT2D eigenvalue weighted by atomic mass is 28.4. The van der Waals surface area contributed by atoms with Crippen LogP contribution >= 0.6 is 0 Å². The summed E-state index contributed by atoms with van der Waals surface area (Å²) in [5.74, 6) is -0.553. The van der Waals surface area contributed by atoms with Crippen LogP contribution < -0.4 is 0 Å². The van der Waals surface area contributed by atoms with Crippen molar-refractivity contribution in [1.29, 1.82) is 0 Å². The molecule has 1 aliphatic rings. The number of hydrogen-bond acceptors (Lipinski definition) is 4. The molecule has 1 atom stereocenters. The first-order valence-electron chi connectivity index (χ1n) is 6.52. The molecule has 4 nitrogen and oxygen atoms in total. The Labute approximate surface area is 110 Å². The van der Waals surface area contributed by atoms with Crippen molar-refractivity contribution in [2.75, 3.05) is 6.61 Å². The van der Waals surface area contributed by atoms with Gasteiger partial charge in [0, 0.05) is 6.42 Å². The maximum atomic E-state index is 12.2. The zero-order valence-corrected chi connectivity index (χ0v) is 13.0. The second-order valence-electron chi connectivity index (χ2n) is 6.43. The summed E-state index contributed by atoms with van der Waals surface area (Å²) in [5, 5.41) is 0.0136. The predicted molar refractivity (Wildman–Crippen MR) is 71.6 cm³/mol. The molecule has 1 saturated heterocycles. The van der Waals surface area contributed by atoms with E-state index >= 15 is 0 Å². The van der Waals surface area contributed by atoms with Gasteiger partial charge in [0.1, 0.15) is 0 Å². The van der Waals surface area contributed by atoms with E-state index in [1.54, 1.807) is 0 Å². The Morgan fingerprint density at radius 2 is 1.94 bits per heavy atom. The summed E-state index contributed by atoms with van der Waals surface area (Å²) in [6, 6.07) is 0. The zero-order valence-electron chi connectivity index (χ0n) is 12.0. The predicted octanol–water partition coefficient (Wildman–Crippen LogP) is 2.88. The largest absolute Gasteiger partial charge is 0.519 e. The molecule has 0 aromatic carbocycles. The highest BCUT2D eigenvalue weighted by Crippen LogP contribution is 2.37. The summed E-state index contributed by atoms with van der Waals surface area (Å²) in [4.78, 5) is 23.3. The third kappa shape index (κ3) is 3.83. The van der Waals surface area contributed by atoms with E-state index in [9.17, 15) is 9.59 Å². The first-order chi connectivity index (χ1) is 8.13. The Kier molecular flexibility index (Phi) is 4.59. The van der Waals surface area contributed by atoms with Gasteiger partial charge in [0.25, 0.3) is 14.3 Å². The Morgan fingerprint density at radius 1 is 1.33 bits per heavy atom. The normalized spacial score (nSPS) is 22.1. The van der Waals surface area contributed by atoms with Gasteiger partial charge in [-0.2, -0.15) is 0 Å². The smallest absolute Gasteiger partial charge is 0.305 e. The van der Waals surface area contributed by atoms with Crippen LogP contribution in [0.3, 0.4) is 0 Å². The van der Waals surface area contributed by atoms with E-state index < -0.39 is 8.32 Å². The number of hydrogen-bond donors (Lipinski definition) is 0. The molecule has 104 valence electrons. The van der Waals surface area contributed by atoms with Crippen molar-refractivity contribution in [2.24, 2.45) is 5.92 Å². The van der Waals surface area contributed by atoms with Gasteiger partial charge in [-0.25, -0.2) is 0 Å². The lowest BCUT2D eigenvalue weighted by Gasteiger charge is -2.36. The summed E-state index contributed by atoms with van der Waals surface area (Å²) in [6.45, 7) is 10.8. The second-order valence-corrected chi connectivity index (χ2v) is 11.2. The second kappa shape index (κ2) is 5.43. The molecular weight excluding hydrogens is 248 g/mol. The molecule has 0 spiro atoms. The van der Waals surface area contributed by atoms with E-state index in [4.69, 9.17) is 9.16 Å². The Hall–Kier alpha value is -0.843. The maximum Gasteiger partial charge on any atom is 0.305 e. The SMILES string of the molecule is CC(C)(C)[Si](C)(C)OC(=O)C1CCOC(=O)CC1. The van der Waals surface area contributed by atoms with Crippen LogP contribution in [0.5, 0.6) is 0 Å². The van der Waals surface area contributed by atoms with E-state index in [1.807, 2.05) is 0 Å². The van der Waals surface area contributed by atoms with Crippen molar-refractivity contribution in [3.8, 4) is 0 Å². The molecule has 0 radical (unpaired) electrons. The van der Waals surface area contributed by atoms with Crippen LogP contribution in [0, 0.1) is 5.92 Å². The molecule has 0 amide bonds. The average molecular weight is 272 g/mol. The summed E-state index contributed by atoms with van der Waals surface area (Å²) >= 11 is 0. The first-order valence-corrected chi connectivity index (χ1v) is 9.43. The molecule has 5 heteroatoms. The van der Waals surface area contributed by atoms with Crippen LogP contribution in [0.1, 0.15) is 40.0 Å². The maximum absolute atomic E-state index is 12.2. The van der Waals surface area contributed by atoms with Gasteiger partial charge in [-0.1, -0.05) is 20.8 Å². The monoisotopic (exact) mass is 272 g/mol. The lowest BCUT2D eigenvalue weighted by Crippen LogP contribution is -2.44. The minimum absolute atomic E-state index is 0.0136. The summed E-state index contributed by atoms with van der Waals surface area (Å²) in [7, 11) is -2.06. The summed E-state index contributed by atoms with van der Waals surface area (Å²) in [6.07, 6.45) is 1.45. The van der Waals surface area contributed by atoms with Crippen LogP contribution in [-0.2, 0) is 18.8 Å². The number of cyclic esters (lactones) is 1. The fraction of sp³-hybridized carbons (Fsp3) is 0.846. The number of carbonyl (C=O) groups excluding carboxylic acids is 2. The first kappa shape index (κ1) is 15.2. The Morgan fingerprint density at radius 3 is 2.50 bits per heavy atom. The van der Waals surface area contributed by atoms with Crippen molar-refractivity contribution >= 4 is 20.3 Å². The highest BCUT2D eigenvalue weighted by Gasteiger charge is 2.41. The van der Waals surface area contributed by atoms with Gasteiger partial charge in [-0.3, -0.25) is 9.59 Å². The van der Waals surface area contributed by atoms with Gasteiger partial charge in [-0.05, 0) is 31.0 Å². The summed E-state index contributed by atoms with van der Waals surface area (Å²) < 4.78 is 10.7. The summed E-state index contributed by atoms with van der Waals surface area (Å²) in [5.41, 5.74) is 0. The van der Waals surface area contributed by atoms with E-state index in [-0.39, 0.29) is 22.9 Å². The van der Waals surface area contributed by atoms with Crippen LogP contribution in [0.4, 0.5) is 0 Å². The van der Waals surface area contributed by atoms with E-state index in [1.165, 1.54) is 0 Å². The van der Waals surface area contributed by atoms with E-state index in [0.717, 1.165) is 0 Å². The topological polar surface area (TPSA) is 52.6 Å². The van der Waals surface area contributed by atoms with Crippen molar-refractivity contribution in [3.63, 3.8) is 0 Å². The van der Waals surface area contributed by atoms with E-state index in [0.29, 0.717) is 25.9 Å².